The number of nitrogens with zero attached hydrogens (tertiary/aromatic N) is 2. The van der Waals surface area contributed by atoms with Crippen molar-refractivity contribution in [3.8, 4) is 22.4 Å². The Morgan fingerprint density at radius 2 is 1.68 bits per heavy atom. The fourth-order valence-electron chi connectivity index (χ4n) is 2.49. The van der Waals surface area contributed by atoms with Gasteiger partial charge in [-0.1, -0.05) is 35.9 Å². The van der Waals surface area contributed by atoms with Crippen LogP contribution in [-0.2, 0) is 14.8 Å². The Morgan fingerprint density at radius 3 is 2.21 bits per heavy atom. The zero-order valence-electron chi connectivity index (χ0n) is 15.1. The summed E-state index contributed by atoms with van der Waals surface area (Å²) in [6, 6.07) is 12.8. The Kier molecular flexibility index (Phi) is 5.55. The van der Waals surface area contributed by atoms with Crippen molar-refractivity contribution in [2.45, 2.75) is 24.8 Å². The molecule has 3 aromatic rings. The van der Waals surface area contributed by atoms with Gasteiger partial charge in [-0.15, -0.1) is 0 Å². The molecule has 0 aliphatic heterocycles. The summed E-state index contributed by atoms with van der Waals surface area (Å²) in [6.07, 6.45) is 1.92. The van der Waals surface area contributed by atoms with E-state index in [9.17, 15) is 13.2 Å². The summed E-state index contributed by atoms with van der Waals surface area (Å²) in [5.41, 5.74) is 2.30. The van der Waals surface area contributed by atoms with Gasteiger partial charge in [-0.2, -0.15) is 9.78 Å². The number of benzene rings is 2. The standard InChI is InChI=1S/C19H17ClN3O4S/c1-12(2)27-19(24)23-11-17(13-3-7-15(20)8-4-13)18(22-23)14-5-9-16(10-6-14)28(21,25)26/h3-10,12H,1-2H3,(H2,21,25,26). The summed E-state index contributed by atoms with van der Waals surface area (Å²) in [5.74, 6) is 0. The van der Waals surface area contributed by atoms with E-state index >= 15 is 0 Å². The minimum Gasteiger partial charge on any atom is -0.445 e. The molecule has 0 aliphatic carbocycles. The van der Waals surface area contributed by atoms with Gasteiger partial charge in [-0.25, -0.2) is 18.4 Å². The van der Waals surface area contributed by atoms with Crippen LogP contribution in [0.15, 0.2) is 53.4 Å². The third-order valence-corrected chi connectivity index (χ3v) is 4.93. The van der Waals surface area contributed by atoms with Crippen LogP contribution in [0.4, 0.5) is 4.79 Å². The average Bonchev–Trinajstić information content (AvgIpc) is 3.07. The predicted octanol–water partition coefficient (Wildman–Crippen LogP) is 3.71. The second kappa shape index (κ2) is 7.75. The summed E-state index contributed by atoms with van der Waals surface area (Å²) in [5, 5.41) is 10.0. The number of carbonyl (C=O) groups excluding carboxylic acids is 1. The first-order valence-corrected chi connectivity index (χ1v) is 10.2. The largest absolute Gasteiger partial charge is 0.445 e. The van der Waals surface area contributed by atoms with Crippen LogP contribution in [0.25, 0.3) is 22.4 Å². The first-order valence-electron chi connectivity index (χ1n) is 8.27. The van der Waals surface area contributed by atoms with Crippen molar-refractivity contribution in [1.82, 2.24) is 9.78 Å². The number of ether oxygens (including phenoxy) is 1. The van der Waals surface area contributed by atoms with Crippen LogP contribution < -0.4 is 5.14 Å². The van der Waals surface area contributed by atoms with Gasteiger partial charge in [0.2, 0.25) is 10.0 Å². The molecular formula is C19H17ClN3O4S. The fourth-order valence-corrected chi connectivity index (χ4v) is 3.14. The maximum Gasteiger partial charge on any atom is 0.435 e. The smallest absolute Gasteiger partial charge is 0.435 e. The van der Waals surface area contributed by atoms with Gasteiger partial charge in [-0.05, 0) is 43.7 Å². The number of carbonyl (C=O) groups is 1. The van der Waals surface area contributed by atoms with Crippen molar-refractivity contribution in [1.29, 1.82) is 0 Å². The number of hydrogen-bond donors (Lipinski definition) is 1. The van der Waals surface area contributed by atoms with Gasteiger partial charge in [-0.3, -0.25) is 0 Å². The van der Waals surface area contributed by atoms with E-state index in [4.69, 9.17) is 21.5 Å². The van der Waals surface area contributed by atoms with E-state index < -0.39 is 16.1 Å². The first kappa shape index (κ1) is 20.1. The van der Waals surface area contributed by atoms with E-state index in [0.29, 0.717) is 21.8 Å². The number of nitrogens with two attached hydrogens (primary N) is 1. The van der Waals surface area contributed by atoms with E-state index in [1.54, 1.807) is 50.2 Å². The Morgan fingerprint density at radius 1 is 1.11 bits per heavy atom. The normalized spacial score (nSPS) is 11.6. The van der Waals surface area contributed by atoms with Crippen molar-refractivity contribution in [2.75, 3.05) is 0 Å². The van der Waals surface area contributed by atoms with Gasteiger partial charge < -0.3 is 4.74 Å². The van der Waals surface area contributed by atoms with Crippen LogP contribution in [0.3, 0.4) is 0 Å². The molecule has 0 aliphatic rings. The van der Waals surface area contributed by atoms with Gasteiger partial charge >= 0.3 is 6.09 Å². The molecule has 2 aromatic carbocycles. The van der Waals surface area contributed by atoms with Crippen LogP contribution in [-0.4, -0.2) is 30.4 Å². The van der Waals surface area contributed by atoms with E-state index in [2.05, 4.69) is 11.3 Å². The lowest BCUT2D eigenvalue weighted by molar-refractivity contribution is 0.114. The molecule has 1 heterocycles. The summed E-state index contributed by atoms with van der Waals surface area (Å²) in [6.45, 7) is 3.46. The number of halogens is 1. The van der Waals surface area contributed by atoms with Gasteiger partial charge in [0.25, 0.3) is 0 Å². The molecule has 145 valence electrons. The van der Waals surface area contributed by atoms with Crippen LogP contribution >= 0.6 is 11.6 Å². The molecule has 7 nitrogen and oxygen atoms in total. The zero-order chi connectivity index (χ0) is 20.5. The first-order chi connectivity index (χ1) is 13.1. The molecule has 0 spiro atoms. The molecule has 0 unspecified atom stereocenters. The van der Waals surface area contributed by atoms with Gasteiger partial charge in [0, 0.05) is 16.1 Å². The van der Waals surface area contributed by atoms with Crippen molar-refractivity contribution < 1.29 is 17.9 Å². The molecule has 0 saturated heterocycles. The molecule has 0 bridgehead atoms. The molecular weight excluding hydrogens is 402 g/mol. The molecule has 0 saturated carbocycles. The highest BCUT2D eigenvalue weighted by atomic mass is 35.5. The Hall–Kier alpha value is -2.68. The number of aromatic nitrogens is 2. The lowest BCUT2D eigenvalue weighted by Crippen LogP contribution is -2.18. The number of hydrogen-bond acceptors (Lipinski definition) is 5. The van der Waals surface area contributed by atoms with E-state index in [1.807, 2.05) is 0 Å². The van der Waals surface area contributed by atoms with Crippen LogP contribution in [0.2, 0.25) is 5.02 Å². The minimum absolute atomic E-state index is 0.0214. The lowest BCUT2D eigenvalue weighted by Gasteiger charge is -2.06. The second-order valence-corrected chi connectivity index (χ2v) is 8.25. The average molecular weight is 419 g/mol. The van der Waals surface area contributed by atoms with Gasteiger partial charge in [0.15, 0.2) is 0 Å². The van der Waals surface area contributed by atoms with Crippen molar-refractivity contribution in [2.24, 2.45) is 5.14 Å². The molecule has 2 N–H and O–H groups in total. The number of rotatable bonds is 4. The lowest BCUT2D eigenvalue weighted by atomic mass is 10.0. The minimum atomic E-state index is -3.81. The topological polar surface area (TPSA) is 104 Å². The van der Waals surface area contributed by atoms with Crippen LogP contribution in [0.5, 0.6) is 0 Å². The molecule has 0 amide bonds. The summed E-state index contributed by atoms with van der Waals surface area (Å²) in [7, 11) is -3.81. The van der Waals surface area contributed by atoms with Gasteiger partial charge in [0.05, 0.1) is 11.0 Å². The highest BCUT2D eigenvalue weighted by Crippen LogP contribution is 2.32. The van der Waals surface area contributed by atoms with Crippen molar-refractivity contribution >= 4 is 27.7 Å². The summed E-state index contributed by atoms with van der Waals surface area (Å²) in [4.78, 5) is 12.2. The second-order valence-electron chi connectivity index (χ2n) is 6.26. The SMILES string of the molecule is CC(C)OC(=O)n1[c]c(-c2ccc(Cl)cc2)c(-c2ccc(S(N)(=O)=O)cc2)n1. The number of sulfonamides is 1. The monoisotopic (exact) mass is 418 g/mol. The molecule has 3 rings (SSSR count). The predicted molar refractivity (Wildman–Crippen MR) is 105 cm³/mol. The van der Waals surface area contributed by atoms with Crippen LogP contribution in [0.1, 0.15) is 13.8 Å². The molecule has 0 fully saturated rings. The maximum absolute atomic E-state index is 12.3. The summed E-state index contributed by atoms with van der Waals surface area (Å²) < 4.78 is 29.1. The Labute approximate surface area is 167 Å². The van der Waals surface area contributed by atoms with E-state index in [0.717, 1.165) is 10.2 Å². The van der Waals surface area contributed by atoms with Crippen molar-refractivity contribution in [3.63, 3.8) is 0 Å². The van der Waals surface area contributed by atoms with Gasteiger partial charge in [0.1, 0.15) is 11.9 Å². The summed E-state index contributed by atoms with van der Waals surface area (Å²) >= 11 is 5.96. The Bertz CT molecular complexity index is 1110. The molecule has 0 atom stereocenters. The number of primary sulfonamides is 1. The molecule has 1 aromatic heterocycles. The quantitative estimate of drug-likeness (QED) is 0.695. The highest BCUT2D eigenvalue weighted by Gasteiger charge is 2.19. The fraction of sp³-hybridized carbons (Fsp3) is 0.158. The van der Waals surface area contributed by atoms with E-state index in [-0.39, 0.29) is 11.0 Å². The highest BCUT2D eigenvalue weighted by molar-refractivity contribution is 7.89. The molecule has 1 radical (unpaired) electrons. The third kappa shape index (κ3) is 4.41. The maximum atomic E-state index is 12.3. The molecule has 28 heavy (non-hydrogen) atoms. The zero-order valence-corrected chi connectivity index (χ0v) is 16.7. The Balaban J connectivity index is 2.11. The molecule has 9 heteroatoms. The van der Waals surface area contributed by atoms with Crippen molar-refractivity contribution in [3.05, 3.63) is 59.8 Å². The van der Waals surface area contributed by atoms with Crippen LogP contribution in [0, 0.1) is 6.20 Å². The third-order valence-electron chi connectivity index (χ3n) is 3.75. The van der Waals surface area contributed by atoms with E-state index in [1.165, 1.54) is 12.1 Å².